The Morgan fingerprint density at radius 1 is 1.00 bits per heavy atom. The summed E-state index contributed by atoms with van der Waals surface area (Å²) < 4.78 is 5.50. The van der Waals surface area contributed by atoms with E-state index in [1.807, 2.05) is 31.2 Å². The fourth-order valence-electron chi connectivity index (χ4n) is 4.10. The minimum absolute atomic E-state index is 0.0542. The lowest BCUT2D eigenvalue weighted by atomic mass is 9.97. The van der Waals surface area contributed by atoms with Gasteiger partial charge in [0.25, 0.3) is 0 Å². The topological polar surface area (TPSA) is 75.6 Å². The first-order valence-corrected chi connectivity index (χ1v) is 10.4. The van der Waals surface area contributed by atoms with E-state index in [-0.39, 0.29) is 11.8 Å². The highest BCUT2D eigenvalue weighted by Crippen LogP contribution is 2.44. The van der Waals surface area contributed by atoms with Crippen LogP contribution in [0.15, 0.2) is 48.5 Å². The van der Waals surface area contributed by atoms with E-state index in [1.54, 1.807) is 0 Å². The van der Waals surface area contributed by atoms with Crippen molar-refractivity contribution in [2.75, 3.05) is 13.2 Å². The Morgan fingerprint density at radius 3 is 2.21 bits per heavy atom. The van der Waals surface area contributed by atoms with Crippen molar-refractivity contribution in [2.45, 2.75) is 44.9 Å². The average Bonchev–Trinajstić information content (AvgIpc) is 3.05. The summed E-state index contributed by atoms with van der Waals surface area (Å²) in [4.78, 5) is 23.3. The lowest BCUT2D eigenvalue weighted by molar-refractivity contribution is -0.142. The molecule has 0 saturated carbocycles. The Bertz CT molecular complexity index is 803. The van der Waals surface area contributed by atoms with Gasteiger partial charge in [-0.1, -0.05) is 68.3 Å². The van der Waals surface area contributed by atoms with Gasteiger partial charge in [0, 0.05) is 12.5 Å². The van der Waals surface area contributed by atoms with Crippen LogP contribution < -0.4 is 5.32 Å². The number of carbonyl (C=O) groups excluding carboxylic acids is 1. The van der Waals surface area contributed by atoms with E-state index in [4.69, 9.17) is 4.74 Å². The first-order valence-electron chi connectivity index (χ1n) is 10.4. The Labute approximate surface area is 172 Å². The smallest absolute Gasteiger partial charge is 0.407 e. The average molecular weight is 395 g/mol. The lowest BCUT2D eigenvalue weighted by Gasteiger charge is -2.15. The molecule has 0 fully saturated rings. The van der Waals surface area contributed by atoms with Crippen LogP contribution in [0.25, 0.3) is 11.1 Å². The van der Waals surface area contributed by atoms with Crippen LogP contribution in [0.3, 0.4) is 0 Å². The monoisotopic (exact) mass is 395 g/mol. The Balaban J connectivity index is 1.44. The van der Waals surface area contributed by atoms with Crippen LogP contribution in [-0.2, 0) is 9.53 Å². The Morgan fingerprint density at radius 2 is 1.62 bits per heavy atom. The molecule has 0 saturated heterocycles. The minimum Gasteiger partial charge on any atom is -0.481 e. The maximum absolute atomic E-state index is 12.1. The molecule has 1 aliphatic carbocycles. The van der Waals surface area contributed by atoms with Gasteiger partial charge in [-0.25, -0.2) is 4.79 Å². The van der Waals surface area contributed by atoms with Gasteiger partial charge < -0.3 is 15.2 Å². The van der Waals surface area contributed by atoms with Crippen molar-refractivity contribution in [1.29, 1.82) is 0 Å². The summed E-state index contributed by atoms with van der Waals surface area (Å²) in [5, 5.41) is 12.0. The van der Waals surface area contributed by atoms with Crippen molar-refractivity contribution in [1.82, 2.24) is 5.32 Å². The number of amides is 1. The molecule has 1 amide bonds. The van der Waals surface area contributed by atoms with Gasteiger partial charge >= 0.3 is 12.1 Å². The third-order valence-electron chi connectivity index (χ3n) is 5.58. The Hall–Kier alpha value is -2.82. The molecule has 1 unspecified atom stereocenters. The number of ether oxygens (including phenoxy) is 1. The standard InChI is InChI=1S/C24H29NO4/c1-2-9-17(23(26)27)10-7-8-15-25-24(28)29-16-22-20-13-5-3-11-18(20)19-12-4-6-14-21(19)22/h3-6,11-14,17,22H,2,7-10,15-16H2,1H3,(H,25,28)(H,26,27). The van der Waals surface area contributed by atoms with Gasteiger partial charge in [-0.2, -0.15) is 0 Å². The zero-order valence-corrected chi connectivity index (χ0v) is 16.9. The molecular formula is C24H29NO4. The highest BCUT2D eigenvalue weighted by atomic mass is 16.5. The minimum atomic E-state index is -0.726. The van der Waals surface area contributed by atoms with Gasteiger partial charge in [-0.05, 0) is 41.5 Å². The molecule has 154 valence electrons. The second kappa shape index (κ2) is 10.1. The SMILES string of the molecule is CCCC(CCCCNC(=O)OCC1c2ccccc2-c2ccccc21)C(=O)O. The van der Waals surface area contributed by atoms with Gasteiger partial charge in [0.15, 0.2) is 0 Å². The number of aliphatic carboxylic acids is 1. The molecule has 2 aromatic rings. The molecule has 1 aliphatic rings. The van der Waals surface area contributed by atoms with Crippen LogP contribution in [0.1, 0.15) is 56.1 Å². The van der Waals surface area contributed by atoms with E-state index in [2.05, 4.69) is 29.6 Å². The molecule has 0 spiro atoms. The predicted octanol–water partition coefficient (Wildman–Crippen LogP) is 5.20. The van der Waals surface area contributed by atoms with E-state index in [0.717, 1.165) is 19.3 Å². The second-order valence-electron chi connectivity index (χ2n) is 7.57. The molecule has 0 heterocycles. The number of nitrogens with one attached hydrogen (secondary N) is 1. The van der Waals surface area contributed by atoms with Crippen molar-refractivity contribution < 1.29 is 19.4 Å². The predicted molar refractivity (Wildman–Crippen MR) is 113 cm³/mol. The van der Waals surface area contributed by atoms with Crippen molar-refractivity contribution in [3.8, 4) is 11.1 Å². The largest absolute Gasteiger partial charge is 0.481 e. The number of fused-ring (bicyclic) bond motifs is 3. The van der Waals surface area contributed by atoms with Crippen molar-refractivity contribution >= 4 is 12.1 Å². The summed E-state index contributed by atoms with van der Waals surface area (Å²) in [5.41, 5.74) is 4.80. The fourth-order valence-corrected chi connectivity index (χ4v) is 4.10. The quantitative estimate of drug-likeness (QED) is 0.543. The van der Waals surface area contributed by atoms with E-state index in [1.165, 1.54) is 22.3 Å². The van der Waals surface area contributed by atoms with Gasteiger partial charge in [0.1, 0.15) is 6.61 Å². The number of alkyl carbamates (subject to hydrolysis) is 1. The number of rotatable bonds is 10. The molecule has 0 aromatic heterocycles. The van der Waals surface area contributed by atoms with Crippen LogP contribution in [-0.4, -0.2) is 30.3 Å². The van der Waals surface area contributed by atoms with Crippen molar-refractivity contribution in [2.24, 2.45) is 5.92 Å². The van der Waals surface area contributed by atoms with E-state index < -0.39 is 12.1 Å². The van der Waals surface area contributed by atoms with E-state index in [9.17, 15) is 14.7 Å². The number of benzene rings is 2. The molecule has 5 heteroatoms. The zero-order chi connectivity index (χ0) is 20.6. The first-order chi connectivity index (χ1) is 14.1. The number of carbonyl (C=O) groups is 2. The molecule has 0 aliphatic heterocycles. The van der Waals surface area contributed by atoms with Crippen molar-refractivity contribution in [3.05, 3.63) is 59.7 Å². The summed E-state index contributed by atoms with van der Waals surface area (Å²) >= 11 is 0. The first kappa shape index (κ1) is 20.9. The molecule has 0 bridgehead atoms. The summed E-state index contributed by atoms with van der Waals surface area (Å²) in [6.07, 6.45) is 3.33. The fraction of sp³-hybridized carbons (Fsp3) is 0.417. The lowest BCUT2D eigenvalue weighted by Crippen LogP contribution is -2.27. The van der Waals surface area contributed by atoms with Gasteiger partial charge in [-0.15, -0.1) is 0 Å². The highest BCUT2D eigenvalue weighted by molar-refractivity contribution is 5.79. The van der Waals surface area contributed by atoms with Gasteiger partial charge in [0.2, 0.25) is 0 Å². The number of hydrogen-bond donors (Lipinski definition) is 2. The van der Waals surface area contributed by atoms with Gasteiger partial charge in [-0.3, -0.25) is 4.79 Å². The molecule has 0 radical (unpaired) electrons. The number of hydrogen-bond acceptors (Lipinski definition) is 3. The number of carboxylic acids is 1. The van der Waals surface area contributed by atoms with Crippen LogP contribution in [0.5, 0.6) is 0 Å². The Kier molecular flexibility index (Phi) is 7.28. The van der Waals surface area contributed by atoms with E-state index >= 15 is 0 Å². The normalized spacial score (nSPS) is 13.4. The maximum atomic E-state index is 12.1. The third-order valence-corrected chi connectivity index (χ3v) is 5.58. The maximum Gasteiger partial charge on any atom is 0.407 e. The molecule has 1 atom stereocenters. The van der Waals surface area contributed by atoms with Crippen LogP contribution >= 0.6 is 0 Å². The summed E-state index contributed by atoms with van der Waals surface area (Å²) in [6, 6.07) is 16.5. The molecule has 2 N–H and O–H groups in total. The number of unbranched alkanes of at least 4 members (excludes halogenated alkanes) is 1. The summed E-state index contributed by atoms with van der Waals surface area (Å²) in [5.74, 6) is -0.954. The van der Waals surface area contributed by atoms with Crippen LogP contribution in [0.4, 0.5) is 4.79 Å². The summed E-state index contributed by atoms with van der Waals surface area (Å²) in [7, 11) is 0. The second-order valence-corrected chi connectivity index (χ2v) is 7.57. The molecule has 2 aromatic carbocycles. The molecule has 3 rings (SSSR count). The van der Waals surface area contributed by atoms with Crippen LogP contribution in [0.2, 0.25) is 0 Å². The van der Waals surface area contributed by atoms with Crippen molar-refractivity contribution in [3.63, 3.8) is 0 Å². The van der Waals surface area contributed by atoms with E-state index in [0.29, 0.717) is 26.0 Å². The third kappa shape index (κ3) is 5.17. The number of carboxylic acid groups (broad SMARTS) is 1. The van der Waals surface area contributed by atoms with Gasteiger partial charge in [0.05, 0.1) is 5.92 Å². The zero-order valence-electron chi connectivity index (χ0n) is 16.9. The van der Waals surface area contributed by atoms with Crippen LogP contribution in [0, 0.1) is 5.92 Å². The highest BCUT2D eigenvalue weighted by Gasteiger charge is 2.28. The summed E-state index contributed by atoms with van der Waals surface area (Å²) in [6.45, 7) is 2.79. The molecule has 29 heavy (non-hydrogen) atoms. The molecular weight excluding hydrogens is 366 g/mol. The molecule has 5 nitrogen and oxygen atoms in total.